The standard InChI is InChI=1S/C22H27FN4OS/c1-16-17(2)27(18-9-4-3-5-10-18)22(25-16)29-15-21(28)26(14-8-13-24)20-12-7-6-11-19(20)23/h6-7,11-12,18H,3-5,8-10,14-15H2,1-2H3. The lowest BCUT2D eigenvalue weighted by atomic mass is 9.95. The molecule has 0 unspecified atom stereocenters. The van der Waals surface area contributed by atoms with Crippen molar-refractivity contribution in [1.82, 2.24) is 9.55 Å². The molecule has 1 amide bonds. The topological polar surface area (TPSA) is 61.9 Å². The second kappa shape index (κ2) is 9.93. The number of carbonyl (C=O) groups is 1. The number of nitrogens with zero attached hydrogens (tertiary/aromatic N) is 4. The molecule has 1 heterocycles. The smallest absolute Gasteiger partial charge is 0.237 e. The van der Waals surface area contributed by atoms with E-state index >= 15 is 0 Å². The largest absolute Gasteiger partial charge is 0.320 e. The first-order chi connectivity index (χ1) is 14.0. The quantitative estimate of drug-likeness (QED) is 0.586. The second-order valence-electron chi connectivity index (χ2n) is 7.42. The number of imidazole rings is 1. The van der Waals surface area contributed by atoms with Gasteiger partial charge in [-0.05, 0) is 38.8 Å². The van der Waals surface area contributed by atoms with Crippen LogP contribution < -0.4 is 4.90 Å². The third kappa shape index (κ3) is 4.99. The first-order valence-electron chi connectivity index (χ1n) is 10.1. The number of aryl methyl sites for hydroxylation is 1. The van der Waals surface area contributed by atoms with Crippen LogP contribution in [0.15, 0.2) is 29.4 Å². The van der Waals surface area contributed by atoms with Crippen molar-refractivity contribution in [3.8, 4) is 6.07 Å². The number of thioether (sulfide) groups is 1. The Balaban J connectivity index is 1.77. The fraction of sp³-hybridized carbons (Fsp3) is 0.500. The van der Waals surface area contributed by atoms with Crippen LogP contribution in [0.2, 0.25) is 0 Å². The number of halogens is 1. The molecule has 0 bridgehead atoms. The lowest BCUT2D eigenvalue weighted by Gasteiger charge is -2.26. The summed E-state index contributed by atoms with van der Waals surface area (Å²) in [6.45, 7) is 4.26. The molecule has 2 aromatic rings. The molecule has 1 aliphatic rings. The second-order valence-corrected chi connectivity index (χ2v) is 8.36. The molecular formula is C22H27FN4OS. The highest BCUT2D eigenvalue weighted by Gasteiger charge is 2.24. The van der Waals surface area contributed by atoms with Crippen molar-refractivity contribution in [3.63, 3.8) is 0 Å². The van der Waals surface area contributed by atoms with E-state index in [0.29, 0.717) is 6.04 Å². The van der Waals surface area contributed by atoms with Gasteiger partial charge in [0.05, 0.1) is 29.6 Å². The summed E-state index contributed by atoms with van der Waals surface area (Å²) in [7, 11) is 0. The average molecular weight is 415 g/mol. The van der Waals surface area contributed by atoms with Crippen molar-refractivity contribution in [2.45, 2.75) is 63.6 Å². The first kappa shape index (κ1) is 21.4. The molecule has 0 radical (unpaired) electrons. The molecule has 1 aromatic heterocycles. The van der Waals surface area contributed by atoms with Gasteiger partial charge in [0.15, 0.2) is 5.16 Å². The zero-order valence-corrected chi connectivity index (χ0v) is 17.8. The Labute approximate surface area is 175 Å². The van der Waals surface area contributed by atoms with Gasteiger partial charge in [0.2, 0.25) is 5.91 Å². The van der Waals surface area contributed by atoms with Gasteiger partial charge in [0, 0.05) is 18.3 Å². The number of hydrogen-bond acceptors (Lipinski definition) is 4. The van der Waals surface area contributed by atoms with Crippen molar-refractivity contribution in [2.24, 2.45) is 0 Å². The Hall–Kier alpha value is -2.33. The number of aromatic nitrogens is 2. The highest BCUT2D eigenvalue weighted by atomic mass is 32.2. The van der Waals surface area contributed by atoms with E-state index < -0.39 is 5.82 Å². The van der Waals surface area contributed by atoms with Gasteiger partial charge in [-0.1, -0.05) is 43.2 Å². The monoisotopic (exact) mass is 414 g/mol. The molecule has 3 rings (SSSR count). The molecule has 1 saturated carbocycles. The summed E-state index contributed by atoms with van der Waals surface area (Å²) in [5.41, 5.74) is 2.36. The number of amides is 1. The minimum atomic E-state index is -0.459. The lowest BCUT2D eigenvalue weighted by molar-refractivity contribution is -0.116. The summed E-state index contributed by atoms with van der Waals surface area (Å²) < 4.78 is 16.5. The predicted molar refractivity (Wildman–Crippen MR) is 114 cm³/mol. The summed E-state index contributed by atoms with van der Waals surface area (Å²) in [6, 6.07) is 8.67. The van der Waals surface area contributed by atoms with Crippen LogP contribution in [0.1, 0.15) is 56.0 Å². The summed E-state index contributed by atoms with van der Waals surface area (Å²) in [5, 5.41) is 9.79. The third-order valence-corrected chi connectivity index (χ3v) is 6.45. The van der Waals surface area contributed by atoms with Crippen molar-refractivity contribution in [2.75, 3.05) is 17.2 Å². The van der Waals surface area contributed by atoms with Gasteiger partial charge in [0.25, 0.3) is 0 Å². The van der Waals surface area contributed by atoms with Gasteiger partial charge in [-0.25, -0.2) is 9.37 Å². The third-order valence-electron chi connectivity index (χ3n) is 5.51. The van der Waals surface area contributed by atoms with Gasteiger partial charge >= 0.3 is 0 Å². The van der Waals surface area contributed by atoms with Crippen LogP contribution in [-0.4, -0.2) is 27.8 Å². The van der Waals surface area contributed by atoms with E-state index in [0.717, 1.165) is 29.4 Å². The molecule has 1 fully saturated rings. The molecule has 5 nitrogen and oxygen atoms in total. The van der Waals surface area contributed by atoms with E-state index in [1.54, 1.807) is 18.2 Å². The Morgan fingerprint density at radius 2 is 2.03 bits per heavy atom. The van der Waals surface area contributed by atoms with E-state index in [9.17, 15) is 9.18 Å². The van der Waals surface area contributed by atoms with Crippen molar-refractivity contribution in [3.05, 3.63) is 41.5 Å². The molecule has 1 aromatic carbocycles. The lowest BCUT2D eigenvalue weighted by Crippen LogP contribution is -2.34. The Morgan fingerprint density at radius 3 is 2.72 bits per heavy atom. The predicted octanol–water partition coefficient (Wildman–Crippen LogP) is 5.18. The van der Waals surface area contributed by atoms with Crippen LogP contribution in [0, 0.1) is 31.0 Å². The van der Waals surface area contributed by atoms with E-state index in [1.165, 1.54) is 42.0 Å². The van der Waals surface area contributed by atoms with E-state index in [-0.39, 0.29) is 30.3 Å². The van der Waals surface area contributed by atoms with Gasteiger partial charge in [-0.15, -0.1) is 0 Å². The summed E-state index contributed by atoms with van der Waals surface area (Å²) >= 11 is 1.40. The van der Waals surface area contributed by atoms with Crippen LogP contribution in [0.3, 0.4) is 0 Å². The van der Waals surface area contributed by atoms with Crippen LogP contribution >= 0.6 is 11.8 Å². The van der Waals surface area contributed by atoms with Gasteiger partial charge in [-0.2, -0.15) is 5.26 Å². The molecule has 0 aliphatic heterocycles. The van der Waals surface area contributed by atoms with Crippen LogP contribution in [0.25, 0.3) is 0 Å². The number of hydrogen-bond donors (Lipinski definition) is 0. The zero-order chi connectivity index (χ0) is 20.8. The molecular weight excluding hydrogens is 387 g/mol. The number of anilines is 1. The SMILES string of the molecule is Cc1nc(SCC(=O)N(CCC#N)c2ccccc2F)n(C2CCCCC2)c1C. The minimum Gasteiger partial charge on any atom is -0.320 e. The Bertz CT molecular complexity index is 899. The number of benzene rings is 1. The number of rotatable bonds is 7. The maximum Gasteiger partial charge on any atom is 0.237 e. The molecule has 154 valence electrons. The van der Waals surface area contributed by atoms with Crippen LogP contribution in [0.4, 0.5) is 10.1 Å². The van der Waals surface area contributed by atoms with Crippen molar-refractivity contribution < 1.29 is 9.18 Å². The fourth-order valence-electron chi connectivity index (χ4n) is 3.88. The maximum atomic E-state index is 14.3. The number of para-hydroxylation sites is 1. The zero-order valence-electron chi connectivity index (χ0n) is 17.0. The Kier molecular flexibility index (Phi) is 7.32. The molecule has 1 aliphatic carbocycles. The van der Waals surface area contributed by atoms with Gasteiger partial charge in [-0.3, -0.25) is 4.79 Å². The molecule has 0 spiro atoms. The average Bonchev–Trinajstić information content (AvgIpc) is 3.02. The molecule has 7 heteroatoms. The summed E-state index contributed by atoms with van der Waals surface area (Å²) in [5.74, 6) is -0.523. The molecule has 0 saturated heterocycles. The highest BCUT2D eigenvalue weighted by molar-refractivity contribution is 7.99. The van der Waals surface area contributed by atoms with E-state index in [2.05, 4.69) is 11.5 Å². The minimum absolute atomic E-state index is 0.152. The van der Waals surface area contributed by atoms with Gasteiger partial charge in [0.1, 0.15) is 5.82 Å². The van der Waals surface area contributed by atoms with Gasteiger partial charge < -0.3 is 9.47 Å². The molecule has 29 heavy (non-hydrogen) atoms. The summed E-state index contributed by atoms with van der Waals surface area (Å²) in [4.78, 5) is 19.0. The Morgan fingerprint density at radius 1 is 1.31 bits per heavy atom. The molecule has 0 atom stereocenters. The van der Waals surface area contributed by atoms with Crippen LogP contribution in [-0.2, 0) is 4.79 Å². The normalized spacial score (nSPS) is 14.6. The number of nitriles is 1. The summed E-state index contributed by atoms with van der Waals surface area (Å²) in [6.07, 6.45) is 6.16. The van der Waals surface area contributed by atoms with Crippen molar-refractivity contribution >= 4 is 23.4 Å². The fourth-order valence-corrected chi connectivity index (χ4v) is 4.92. The van der Waals surface area contributed by atoms with Crippen molar-refractivity contribution in [1.29, 1.82) is 5.26 Å². The molecule has 0 N–H and O–H groups in total. The van der Waals surface area contributed by atoms with E-state index in [4.69, 9.17) is 10.2 Å². The maximum absolute atomic E-state index is 14.3. The van der Waals surface area contributed by atoms with E-state index in [1.807, 2.05) is 13.0 Å². The van der Waals surface area contributed by atoms with Crippen LogP contribution in [0.5, 0.6) is 0 Å². The first-order valence-corrected chi connectivity index (χ1v) is 11.1. The number of carbonyl (C=O) groups excluding carboxylic acids is 1. The highest BCUT2D eigenvalue weighted by Crippen LogP contribution is 2.34.